The molecule has 1 aromatic carbocycles. The Hall–Kier alpha value is -2.60. The first-order valence-corrected chi connectivity index (χ1v) is 8.57. The van der Waals surface area contributed by atoms with Crippen LogP contribution in [0.15, 0.2) is 66.5 Å². The van der Waals surface area contributed by atoms with Gasteiger partial charge in [0, 0.05) is 18.9 Å². The molecule has 1 atom stereocenters. The smallest absolute Gasteiger partial charge is 0.105 e. The summed E-state index contributed by atoms with van der Waals surface area (Å²) in [6.45, 7) is 2.91. The number of nitrogens with zero attached hydrogens (tertiary/aromatic N) is 3. The third kappa shape index (κ3) is 3.19. The van der Waals surface area contributed by atoms with E-state index in [0.29, 0.717) is 0 Å². The lowest BCUT2D eigenvalue weighted by Gasteiger charge is -2.31. The molecule has 0 saturated carbocycles. The van der Waals surface area contributed by atoms with Gasteiger partial charge in [-0.25, -0.2) is 4.98 Å². The van der Waals surface area contributed by atoms with E-state index in [1.807, 2.05) is 37.5 Å². The second kappa shape index (κ2) is 7.31. The summed E-state index contributed by atoms with van der Waals surface area (Å²) < 4.78 is 2.16. The molecule has 0 N–H and O–H groups in total. The van der Waals surface area contributed by atoms with Gasteiger partial charge in [0.05, 0.1) is 6.07 Å². The van der Waals surface area contributed by atoms with Gasteiger partial charge >= 0.3 is 0 Å². The van der Waals surface area contributed by atoms with Crippen LogP contribution in [0.2, 0.25) is 0 Å². The molecule has 24 heavy (non-hydrogen) atoms. The molecule has 1 unspecified atom stereocenters. The van der Waals surface area contributed by atoms with Gasteiger partial charge in [0.25, 0.3) is 0 Å². The Kier molecular flexibility index (Phi) is 4.96. The molecule has 0 fully saturated rings. The normalized spacial score (nSPS) is 16.2. The highest BCUT2D eigenvalue weighted by Gasteiger charge is 2.35. The molecule has 0 aliphatic heterocycles. The van der Waals surface area contributed by atoms with Gasteiger partial charge in [-0.3, -0.25) is 0 Å². The highest BCUT2D eigenvalue weighted by molar-refractivity contribution is 5.45. The maximum atomic E-state index is 10.2. The zero-order chi connectivity index (χ0) is 16.8. The first-order chi connectivity index (χ1) is 11.8. The van der Waals surface area contributed by atoms with E-state index < -0.39 is 5.41 Å². The molecule has 3 nitrogen and oxygen atoms in total. The van der Waals surface area contributed by atoms with E-state index in [2.05, 4.69) is 46.0 Å². The van der Waals surface area contributed by atoms with Crippen molar-refractivity contribution < 1.29 is 0 Å². The molecular weight excluding hydrogens is 294 g/mol. The maximum Gasteiger partial charge on any atom is 0.105 e. The van der Waals surface area contributed by atoms with Crippen molar-refractivity contribution in [2.24, 2.45) is 0 Å². The fraction of sp³-hybridized carbons (Fsp3) is 0.333. The molecule has 0 bridgehead atoms. The van der Waals surface area contributed by atoms with Crippen LogP contribution in [0.25, 0.3) is 0 Å². The monoisotopic (exact) mass is 317 g/mol. The lowest BCUT2D eigenvalue weighted by Crippen LogP contribution is -2.28. The average molecular weight is 317 g/mol. The van der Waals surface area contributed by atoms with Gasteiger partial charge in [-0.1, -0.05) is 48.6 Å². The lowest BCUT2D eigenvalue weighted by molar-refractivity contribution is 0.493. The Bertz CT molecular complexity index is 777. The van der Waals surface area contributed by atoms with Crippen molar-refractivity contribution in [3.05, 3.63) is 77.9 Å². The number of hydrogen-bond donors (Lipinski definition) is 0. The van der Waals surface area contributed by atoms with E-state index in [0.717, 1.165) is 43.6 Å². The van der Waals surface area contributed by atoms with Crippen molar-refractivity contribution in [2.45, 2.75) is 44.6 Å². The van der Waals surface area contributed by atoms with E-state index in [1.54, 1.807) is 0 Å². The number of benzene rings is 1. The number of rotatable bonds is 6. The van der Waals surface area contributed by atoms with E-state index in [4.69, 9.17) is 0 Å². The molecule has 2 aromatic rings. The Morgan fingerprint density at radius 2 is 2.12 bits per heavy atom. The van der Waals surface area contributed by atoms with Crippen molar-refractivity contribution in [3.63, 3.8) is 0 Å². The van der Waals surface area contributed by atoms with Gasteiger partial charge in [-0.05, 0) is 43.7 Å². The summed E-state index contributed by atoms with van der Waals surface area (Å²) in [5, 5.41) is 10.2. The molecule has 3 rings (SSSR count). The minimum atomic E-state index is -0.527. The Balaban J connectivity index is 1.87. The van der Waals surface area contributed by atoms with Crippen LogP contribution in [0.1, 0.15) is 37.1 Å². The minimum absolute atomic E-state index is 0.527. The van der Waals surface area contributed by atoms with Crippen LogP contribution in [-0.4, -0.2) is 9.55 Å². The summed E-state index contributed by atoms with van der Waals surface area (Å²) in [5.74, 6) is 1.03. The first kappa shape index (κ1) is 16.3. The lowest BCUT2D eigenvalue weighted by atomic mass is 9.69. The van der Waals surface area contributed by atoms with Crippen LogP contribution < -0.4 is 0 Å². The molecule has 122 valence electrons. The molecular formula is C21H23N3. The van der Waals surface area contributed by atoms with E-state index in [9.17, 15) is 5.26 Å². The van der Waals surface area contributed by atoms with Crippen LogP contribution >= 0.6 is 0 Å². The summed E-state index contributed by atoms with van der Waals surface area (Å²) in [6.07, 6.45) is 14.0. The fourth-order valence-electron chi connectivity index (χ4n) is 3.52. The SMILES string of the molecule is Cc1nccn1CCCC(C#N)(C1=CC=CCC1)c1ccccc1. The van der Waals surface area contributed by atoms with Crippen molar-refractivity contribution in [1.82, 2.24) is 9.55 Å². The summed E-state index contributed by atoms with van der Waals surface area (Å²) in [7, 11) is 0. The zero-order valence-electron chi connectivity index (χ0n) is 14.2. The zero-order valence-corrected chi connectivity index (χ0v) is 14.2. The van der Waals surface area contributed by atoms with Crippen LogP contribution in [0.3, 0.4) is 0 Å². The van der Waals surface area contributed by atoms with Crippen LogP contribution in [0, 0.1) is 18.3 Å². The van der Waals surface area contributed by atoms with Crippen molar-refractivity contribution in [3.8, 4) is 6.07 Å². The summed E-state index contributed by atoms with van der Waals surface area (Å²) in [6, 6.07) is 12.9. The highest BCUT2D eigenvalue weighted by atomic mass is 15.0. The Morgan fingerprint density at radius 3 is 2.75 bits per heavy atom. The summed E-state index contributed by atoms with van der Waals surface area (Å²) in [5.41, 5.74) is 1.82. The van der Waals surface area contributed by atoms with Gasteiger partial charge in [0.15, 0.2) is 0 Å². The van der Waals surface area contributed by atoms with Gasteiger partial charge in [0.1, 0.15) is 11.2 Å². The molecule has 3 heteroatoms. The van der Waals surface area contributed by atoms with Crippen LogP contribution in [-0.2, 0) is 12.0 Å². The number of nitriles is 1. The first-order valence-electron chi connectivity index (χ1n) is 8.57. The number of aromatic nitrogens is 2. The molecule has 1 aromatic heterocycles. The molecule has 1 aliphatic rings. The molecule has 0 amide bonds. The molecule has 0 saturated heterocycles. The largest absolute Gasteiger partial charge is 0.335 e. The third-order valence-corrected chi connectivity index (χ3v) is 4.89. The second-order valence-corrected chi connectivity index (χ2v) is 6.31. The van der Waals surface area contributed by atoms with Gasteiger partial charge in [-0.15, -0.1) is 0 Å². The standard InChI is InChI=1S/C21H23N3/c1-18-23-14-16-24(18)15-8-13-21(17-22,19-9-4-2-5-10-19)20-11-6-3-7-12-20/h2-6,9-11,14,16H,7-8,12-13,15H2,1H3. The van der Waals surface area contributed by atoms with E-state index in [1.165, 1.54) is 5.57 Å². The van der Waals surface area contributed by atoms with E-state index >= 15 is 0 Å². The van der Waals surface area contributed by atoms with Gasteiger partial charge in [-0.2, -0.15) is 5.26 Å². The summed E-state index contributed by atoms with van der Waals surface area (Å²) >= 11 is 0. The molecule has 1 heterocycles. The van der Waals surface area contributed by atoms with Crippen molar-refractivity contribution in [2.75, 3.05) is 0 Å². The highest BCUT2D eigenvalue weighted by Crippen LogP contribution is 2.40. The van der Waals surface area contributed by atoms with Crippen molar-refractivity contribution in [1.29, 1.82) is 5.26 Å². The van der Waals surface area contributed by atoms with E-state index in [-0.39, 0.29) is 0 Å². The summed E-state index contributed by atoms with van der Waals surface area (Å²) in [4.78, 5) is 4.28. The molecule has 0 spiro atoms. The third-order valence-electron chi connectivity index (χ3n) is 4.89. The quantitative estimate of drug-likeness (QED) is 0.774. The van der Waals surface area contributed by atoms with Crippen molar-refractivity contribution >= 4 is 0 Å². The molecule has 0 radical (unpaired) electrons. The predicted molar refractivity (Wildman–Crippen MR) is 96.4 cm³/mol. The number of aryl methyl sites for hydroxylation is 2. The minimum Gasteiger partial charge on any atom is -0.335 e. The van der Waals surface area contributed by atoms with Crippen LogP contribution in [0.5, 0.6) is 0 Å². The Labute approximate surface area is 144 Å². The number of allylic oxidation sites excluding steroid dienone is 4. The maximum absolute atomic E-state index is 10.2. The number of hydrogen-bond acceptors (Lipinski definition) is 2. The predicted octanol–water partition coefficient (Wildman–Crippen LogP) is 4.71. The van der Waals surface area contributed by atoms with Gasteiger partial charge in [0.2, 0.25) is 0 Å². The fourth-order valence-corrected chi connectivity index (χ4v) is 3.52. The average Bonchev–Trinajstić information content (AvgIpc) is 3.05. The second-order valence-electron chi connectivity index (χ2n) is 6.31. The Morgan fingerprint density at radius 1 is 1.29 bits per heavy atom. The van der Waals surface area contributed by atoms with Crippen LogP contribution in [0.4, 0.5) is 0 Å². The number of imidazole rings is 1. The molecule has 1 aliphatic carbocycles. The topological polar surface area (TPSA) is 41.6 Å². The van der Waals surface area contributed by atoms with Gasteiger partial charge < -0.3 is 4.57 Å².